The monoisotopic (exact) mass is 261 g/mol. The zero-order valence-corrected chi connectivity index (χ0v) is 11.1. The van der Waals surface area contributed by atoms with Gasteiger partial charge in [-0.2, -0.15) is 23.5 Å². The van der Waals surface area contributed by atoms with E-state index < -0.39 is 0 Å². The lowest BCUT2D eigenvalue weighted by Gasteiger charge is -2.25. The smallest absolute Gasteiger partial charge is 0.0954 e. The normalized spacial score (nSPS) is 24.0. The van der Waals surface area contributed by atoms with Crippen LogP contribution >= 0.6 is 34.9 Å². The van der Waals surface area contributed by atoms with Crippen molar-refractivity contribution in [1.29, 1.82) is 0 Å². The summed E-state index contributed by atoms with van der Waals surface area (Å²) in [6.45, 7) is 2.00. The van der Waals surface area contributed by atoms with Crippen molar-refractivity contribution in [2.45, 2.75) is 24.7 Å². The second-order valence-corrected chi connectivity index (χ2v) is 7.08. The summed E-state index contributed by atoms with van der Waals surface area (Å²) in [6, 6.07) is 0. The maximum Gasteiger partial charge on any atom is 0.0954 e. The minimum Gasteiger partial charge on any atom is -0.392 e. The quantitative estimate of drug-likeness (QED) is 0.904. The van der Waals surface area contributed by atoms with E-state index in [0.29, 0.717) is 5.25 Å². The highest BCUT2D eigenvalue weighted by molar-refractivity contribution is 8.06. The number of thioether (sulfide) groups is 2. The Kier molecular flexibility index (Phi) is 4.37. The van der Waals surface area contributed by atoms with Gasteiger partial charge in [-0.1, -0.05) is 0 Å². The van der Waals surface area contributed by atoms with Gasteiger partial charge in [-0.25, -0.2) is 4.98 Å². The molecule has 0 saturated carbocycles. The lowest BCUT2D eigenvalue weighted by molar-refractivity contribution is 0.177. The number of aryl methyl sites for hydroxylation is 1. The topological polar surface area (TPSA) is 33.1 Å². The van der Waals surface area contributed by atoms with Gasteiger partial charge in [0.1, 0.15) is 0 Å². The average molecular weight is 261 g/mol. The zero-order chi connectivity index (χ0) is 10.7. The van der Waals surface area contributed by atoms with E-state index in [1.54, 1.807) is 11.3 Å². The number of rotatable bonds is 3. The Balaban J connectivity index is 1.88. The molecule has 2 unspecified atom stereocenters. The summed E-state index contributed by atoms with van der Waals surface area (Å²) in [5.74, 6) is 3.48. The Bertz CT molecular complexity index is 309. The Hall–Kier alpha value is 0.290. The summed E-state index contributed by atoms with van der Waals surface area (Å²) in [4.78, 5) is 4.39. The predicted molar refractivity (Wildman–Crippen MR) is 70.1 cm³/mol. The van der Waals surface area contributed by atoms with Crippen LogP contribution in [0.5, 0.6) is 0 Å². The van der Waals surface area contributed by atoms with Crippen molar-refractivity contribution in [3.05, 3.63) is 16.1 Å². The van der Waals surface area contributed by atoms with Crippen LogP contribution in [0.15, 0.2) is 5.38 Å². The maximum atomic E-state index is 10.1. The van der Waals surface area contributed by atoms with Crippen LogP contribution in [0.2, 0.25) is 0 Å². The van der Waals surface area contributed by atoms with E-state index in [-0.39, 0.29) is 6.10 Å². The van der Waals surface area contributed by atoms with Crippen LogP contribution in [0.1, 0.15) is 10.7 Å². The van der Waals surface area contributed by atoms with Gasteiger partial charge in [-0.3, -0.25) is 0 Å². The summed E-state index contributed by atoms with van der Waals surface area (Å²) in [7, 11) is 0. The van der Waals surface area contributed by atoms with Gasteiger partial charge in [0.15, 0.2) is 0 Å². The summed E-state index contributed by atoms with van der Waals surface area (Å²) in [5, 5.41) is 13.6. The molecule has 1 saturated heterocycles. The lowest BCUT2D eigenvalue weighted by Crippen LogP contribution is -2.30. The molecule has 5 heteroatoms. The molecule has 0 aliphatic carbocycles. The molecule has 1 aromatic heterocycles. The summed E-state index contributed by atoms with van der Waals surface area (Å²) >= 11 is 5.51. The van der Waals surface area contributed by atoms with Crippen LogP contribution in [0.3, 0.4) is 0 Å². The number of aliphatic hydroxyl groups excluding tert-OH is 1. The first-order valence-corrected chi connectivity index (χ1v) is 8.12. The van der Waals surface area contributed by atoms with Crippen LogP contribution in [0.25, 0.3) is 0 Å². The van der Waals surface area contributed by atoms with Crippen molar-refractivity contribution in [2.24, 2.45) is 0 Å². The molecule has 1 N–H and O–H groups in total. The summed E-state index contributed by atoms with van der Waals surface area (Å²) in [6.07, 6.45) is 0.491. The standard InChI is InChI=1S/C10H15NOS3/c1-7-5-15-10(11-7)4-8(12)9-6-13-2-3-14-9/h5,8-9,12H,2-4,6H2,1H3. The van der Waals surface area contributed by atoms with E-state index in [2.05, 4.69) is 4.98 Å². The number of hydrogen-bond donors (Lipinski definition) is 1. The summed E-state index contributed by atoms with van der Waals surface area (Å²) < 4.78 is 0. The SMILES string of the molecule is Cc1csc(CC(O)C2CSCCS2)n1. The third-order valence-corrected chi connectivity index (χ3v) is 6.22. The molecule has 15 heavy (non-hydrogen) atoms. The van der Waals surface area contributed by atoms with Crippen LogP contribution < -0.4 is 0 Å². The van der Waals surface area contributed by atoms with Gasteiger partial charge in [0.2, 0.25) is 0 Å². The first kappa shape index (κ1) is 11.8. The molecule has 1 aliphatic rings. The van der Waals surface area contributed by atoms with E-state index in [1.165, 1.54) is 11.5 Å². The molecule has 1 aromatic rings. The Morgan fingerprint density at radius 3 is 3.07 bits per heavy atom. The van der Waals surface area contributed by atoms with Gasteiger partial charge < -0.3 is 5.11 Å². The molecule has 0 radical (unpaired) electrons. The molecular weight excluding hydrogens is 246 g/mol. The molecule has 1 aliphatic heterocycles. The fraction of sp³-hybridized carbons (Fsp3) is 0.700. The van der Waals surface area contributed by atoms with Gasteiger partial charge >= 0.3 is 0 Å². The van der Waals surface area contributed by atoms with Gasteiger partial charge in [0.25, 0.3) is 0 Å². The van der Waals surface area contributed by atoms with Gasteiger partial charge in [-0.05, 0) is 6.92 Å². The van der Waals surface area contributed by atoms with Crippen molar-refractivity contribution >= 4 is 34.9 Å². The van der Waals surface area contributed by atoms with Gasteiger partial charge in [0, 0.05) is 40.0 Å². The second kappa shape index (κ2) is 5.57. The molecule has 0 bridgehead atoms. The first-order chi connectivity index (χ1) is 7.25. The minimum atomic E-state index is -0.228. The number of hydrogen-bond acceptors (Lipinski definition) is 5. The van der Waals surface area contributed by atoms with Crippen LogP contribution in [0, 0.1) is 6.92 Å². The molecule has 2 heterocycles. The zero-order valence-electron chi connectivity index (χ0n) is 8.68. The lowest BCUT2D eigenvalue weighted by atomic mass is 10.2. The largest absolute Gasteiger partial charge is 0.392 e. The highest BCUT2D eigenvalue weighted by atomic mass is 32.2. The molecule has 2 atom stereocenters. The number of aliphatic hydroxyl groups is 1. The Labute approximate surface area is 103 Å². The highest BCUT2D eigenvalue weighted by Gasteiger charge is 2.23. The third kappa shape index (κ3) is 3.37. The highest BCUT2D eigenvalue weighted by Crippen LogP contribution is 2.28. The second-order valence-electron chi connectivity index (χ2n) is 3.64. The van der Waals surface area contributed by atoms with E-state index in [9.17, 15) is 5.11 Å². The van der Waals surface area contributed by atoms with Crippen LogP contribution in [-0.2, 0) is 6.42 Å². The molecule has 0 aromatic carbocycles. The van der Waals surface area contributed by atoms with E-state index in [4.69, 9.17) is 0 Å². The van der Waals surface area contributed by atoms with Crippen molar-refractivity contribution in [3.8, 4) is 0 Å². The minimum absolute atomic E-state index is 0.228. The molecule has 2 rings (SSSR count). The van der Waals surface area contributed by atoms with Crippen LogP contribution in [0.4, 0.5) is 0 Å². The molecule has 0 spiro atoms. The Morgan fingerprint density at radius 1 is 1.60 bits per heavy atom. The number of thiazole rings is 1. The van der Waals surface area contributed by atoms with Crippen molar-refractivity contribution in [1.82, 2.24) is 4.98 Å². The predicted octanol–water partition coefficient (Wildman–Crippen LogP) is 2.20. The number of nitrogens with zero attached hydrogens (tertiary/aromatic N) is 1. The number of aromatic nitrogens is 1. The fourth-order valence-corrected chi connectivity index (χ4v) is 5.13. The maximum absolute atomic E-state index is 10.1. The van der Waals surface area contributed by atoms with Crippen LogP contribution in [-0.4, -0.2) is 38.7 Å². The third-order valence-electron chi connectivity index (χ3n) is 2.32. The van der Waals surface area contributed by atoms with Crippen molar-refractivity contribution in [3.63, 3.8) is 0 Å². The molecule has 1 fully saturated rings. The Morgan fingerprint density at radius 2 is 2.47 bits per heavy atom. The van der Waals surface area contributed by atoms with E-state index >= 15 is 0 Å². The summed E-state index contributed by atoms with van der Waals surface area (Å²) in [5.41, 5.74) is 1.06. The van der Waals surface area contributed by atoms with Gasteiger partial charge in [0.05, 0.1) is 11.1 Å². The van der Waals surface area contributed by atoms with E-state index in [1.807, 2.05) is 35.8 Å². The first-order valence-electron chi connectivity index (χ1n) is 5.04. The molecular formula is C10H15NOS3. The van der Waals surface area contributed by atoms with E-state index in [0.717, 1.165) is 22.9 Å². The fourth-order valence-electron chi connectivity index (χ4n) is 1.53. The van der Waals surface area contributed by atoms with Gasteiger partial charge in [-0.15, -0.1) is 11.3 Å². The van der Waals surface area contributed by atoms with Crippen molar-refractivity contribution in [2.75, 3.05) is 17.3 Å². The molecule has 2 nitrogen and oxygen atoms in total. The van der Waals surface area contributed by atoms with Crippen molar-refractivity contribution < 1.29 is 5.11 Å². The molecule has 0 amide bonds. The average Bonchev–Trinajstić information content (AvgIpc) is 2.65. The molecule has 84 valence electrons.